The Hall–Kier alpha value is -2.95. The highest BCUT2D eigenvalue weighted by Gasteiger charge is 2.21. The maximum atomic E-state index is 13.1. The monoisotopic (exact) mass is 447 g/mol. The third kappa shape index (κ3) is 5.04. The molecule has 1 aliphatic rings. The molecule has 0 spiro atoms. The molecule has 164 valence electrons. The number of nitrogens with one attached hydrogen (secondary N) is 2. The van der Waals surface area contributed by atoms with Crippen LogP contribution in [0.2, 0.25) is 0 Å². The van der Waals surface area contributed by atoms with Crippen LogP contribution in [0.3, 0.4) is 0 Å². The summed E-state index contributed by atoms with van der Waals surface area (Å²) in [4.78, 5) is 4.23. The molecule has 1 fully saturated rings. The first-order chi connectivity index (χ1) is 14.9. The fraction of sp³-hybridized carbons (Fsp3) is 0.286. The molecule has 4 rings (SSSR count). The molecule has 1 aliphatic heterocycles. The first-order valence-corrected chi connectivity index (χ1v) is 11.2. The average molecular weight is 447 g/mol. The first-order valence-electron chi connectivity index (χ1n) is 9.73. The lowest BCUT2D eigenvalue weighted by atomic mass is 10.2. The van der Waals surface area contributed by atoms with E-state index in [4.69, 9.17) is 13.9 Å². The first kappa shape index (κ1) is 21.3. The number of ether oxygens (including phenoxy) is 2. The Morgan fingerprint density at radius 1 is 1.23 bits per heavy atom. The van der Waals surface area contributed by atoms with Crippen LogP contribution in [0.4, 0.5) is 16.1 Å². The van der Waals surface area contributed by atoms with Crippen molar-refractivity contribution in [2.45, 2.75) is 23.8 Å². The number of rotatable bonds is 8. The maximum absolute atomic E-state index is 13.1. The maximum Gasteiger partial charge on any atom is 0.299 e. The van der Waals surface area contributed by atoms with Gasteiger partial charge < -0.3 is 19.2 Å². The second kappa shape index (κ2) is 9.04. The zero-order chi connectivity index (χ0) is 21.8. The summed E-state index contributed by atoms with van der Waals surface area (Å²) in [5.74, 6) is 0.501. The van der Waals surface area contributed by atoms with E-state index in [1.54, 1.807) is 18.2 Å². The van der Waals surface area contributed by atoms with E-state index in [1.165, 1.54) is 37.6 Å². The molecule has 2 aromatic carbocycles. The number of aromatic nitrogens is 1. The van der Waals surface area contributed by atoms with Crippen LogP contribution in [0.25, 0.3) is 11.3 Å². The van der Waals surface area contributed by atoms with Crippen LogP contribution < -0.4 is 14.8 Å². The number of hydrogen-bond donors (Lipinski definition) is 2. The number of sulfonamides is 1. The number of benzene rings is 2. The molecular formula is C21H22FN3O5S. The minimum atomic E-state index is -3.74. The van der Waals surface area contributed by atoms with Crippen LogP contribution in [0.15, 0.2) is 58.0 Å². The van der Waals surface area contributed by atoms with Gasteiger partial charge in [0.2, 0.25) is 10.0 Å². The number of hydrogen-bond acceptors (Lipinski definition) is 7. The van der Waals surface area contributed by atoms with Gasteiger partial charge in [-0.1, -0.05) is 0 Å². The molecule has 3 aromatic rings. The normalized spacial score (nSPS) is 16.4. The van der Waals surface area contributed by atoms with Crippen LogP contribution in [0.5, 0.6) is 5.75 Å². The van der Waals surface area contributed by atoms with Gasteiger partial charge in [-0.05, 0) is 55.3 Å². The van der Waals surface area contributed by atoms with Crippen molar-refractivity contribution in [1.29, 1.82) is 0 Å². The molecule has 2 heterocycles. The van der Waals surface area contributed by atoms with E-state index in [1.807, 2.05) is 0 Å². The minimum Gasteiger partial charge on any atom is -0.495 e. The van der Waals surface area contributed by atoms with E-state index >= 15 is 0 Å². The topological polar surface area (TPSA) is 103 Å². The van der Waals surface area contributed by atoms with Crippen molar-refractivity contribution in [2.24, 2.45) is 0 Å². The van der Waals surface area contributed by atoms with Crippen LogP contribution >= 0.6 is 0 Å². The summed E-state index contributed by atoms with van der Waals surface area (Å²) in [7, 11) is -2.27. The summed E-state index contributed by atoms with van der Waals surface area (Å²) in [6.07, 6.45) is 3.14. The molecule has 0 bridgehead atoms. The van der Waals surface area contributed by atoms with Gasteiger partial charge in [-0.25, -0.2) is 22.5 Å². The molecule has 2 N–H and O–H groups in total. The predicted octanol–water partition coefficient (Wildman–Crippen LogP) is 3.69. The Morgan fingerprint density at radius 3 is 2.74 bits per heavy atom. The lowest BCUT2D eigenvalue weighted by Gasteiger charge is -2.14. The van der Waals surface area contributed by atoms with Gasteiger partial charge in [-0.15, -0.1) is 0 Å². The molecule has 1 atom stereocenters. The smallest absolute Gasteiger partial charge is 0.299 e. The van der Waals surface area contributed by atoms with E-state index in [0.717, 1.165) is 12.8 Å². The van der Waals surface area contributed by atoms with Gasteiger partial charge >= 0.3 is 0 Å². The predicted molar refractivity (Wildman–Crippen MR) is 112 cm³/mol. The molecule has 0 unspecified atom stereocenters. The molecule has 0 radical (unpaired) electrons. The average Bonchev–Trinajstić information content (AvgIpc) is 3.45. The van der Waals surface area contributed by atoms with Crippen molar-refractivity contribution >= 4 is 21.7 Å². The largest absolute Gasteiger partial charge is 0.495 e. The summed E-state index contributed by atoms with van der Waals surface area (Å²) >= 11 is 0. The number of oxazole rings is 1. The Balaban J connectivity index is 1.53. The summed E-state index contributed by atoms with van der Waals surface area (Å²) < 4.78 is 57.6. The standard InChI is InChI=1S/C21H22FN3O5S/c1-28-19-9-8-17(31(26,27)24-12-16-3-2-10-29-16)11-18(19)25-21-23-13-20(30-21)14-4-6-15(22)7-5-14/h4-9,11,13,16,24H,2-3,10,12H2,1H3,(H,23,25)/t16-/m1/s1. The highest BCUT2D eigenvalue weighted by atomic mass is 32.2. The molecule has 1 saturated heterocycles. The lowest BCUT2D eigenvalue weighted by Crippen LogP contribution is -2.31. The molecule has 1 aromatic heterocycles. The number of halogens is 1. The van der Waals surface area contributed by atoms with Gasteiger partial charge in [0.15, 0.2) is 5.76 Å². The second-order valence-corrected chi connectivity index (χ2v) is 8.78. The van der Waals surface area contributed by atoms with E-state index in [0.29, 0.717) is 29.4 Å². The molecular weight excluding hydrogens is 425 g/mol. The SMILES string of the molecule is COc1ccc(S(=O)(=O)NC[C@H]2CCCO2)cc1Nc1ncc(-c2ccc(F)cc2)o1. The Bertz CT molecular complexity index is 1140. The van der Waals surface area contributed by atoms with Crippen molar-refractivity contribution in [3.63, 3.8) is 0 Å². The molecule has 0 saturated carbocycles. The van der Waals surface area contributed by atoms with Crippen LogP contribution in [0, 0.1) is 5.82 Å². The zero-order valence-corrected chi connectivity index (χ0v) is 17.6. The van der Waals surface area contributed by atoms with E-state index in [-0.39, 0.29) is 29.4 Å². The Kier molecular flexibility index (Phi) is 6.21. The third-order valence-electron chi connectivity index (χ3n) is 4.88. The Morgan fingerprint density at radius 2 is 2.03 bits per heavy atom. The molecule has 0 aliphatic carbocycles. The second-order valence-electron chi connectivity index (χ2n) is 7.01. The van der Waals surface area contributed by atoms with Gasteiger partial charge in [-0.3, -0.25) is 0 Å². The highest BCUT2D eigenvalue weighted by molar-refractivity contribution is 7.89. The van der Waals surface area contributed by atoms with Crippen molar-refractivity contribution in [3.05, 3.63) is 54.5 Å². The van der Waals surface area contributed by atoms with Gasteiger partial charge in [-0.2, -0.15) is 0 Å². The number of anilines is 2. The van der Waals surface area contributed by atoms with Crippen LogP contribution in [-0.4, -0.2) is 39.8 Å². The van der Waals surface area contributed by atoms with Crippen LogP contribution in [0.1, 0.15) is 12.8 Å². The summed E-state index contributed by atoms with van der Waals surface area (Å²) in [5, 5.41) is 2.94. The fourth-order valence-electron chi connectivity index (χ4n) is 3.24. The van der Waals surface area contributed by atoms with Gasteiger partial charge in [0, 0.05) is 18.7 Å². The quantitative estimate of drug-likeness (QED) is 0.543. The summed E-state index contributed by atoms with van der Waals surface area (Å²) in [6, 6.07) is 10.4. The highest BCUT2D eigenvalue weighted by Crippen LogP contribution is 2.31. The van der Waals surface area contributed by atoms with Crippen molar-refractivity contribution in [1.82, 2.24) is 9.71 Å². The third-order valence-corrected chi connectivity index (χ3v) is 6.30. The molecule has 31 heavy (non-hydrogen) atoms. The van der Waals surface area contributed by atoms with E-state index in [2.05, 4.69) is 15.0 Å². The minimum absolute atomic E-state index is 0.0686. The summed E-state index contributed by atoms with van der Waals surface area (Å²) in [5.41, 5.74) is 1.03. The van der Waals surface area contributed by atoms with Crippen molar-refractivity contribution < 1.29 is 26.7 Å². The number of methoxy groups -OCH3 is 1. The van der Waals surface area contributed by atoms with E-state index < -0.39 is 10.0 Å². The van der Waals surface area contributed by atoms with Crippen LogP contribution in [-0.2, 0) is 14.8 Å². The summed E-state index contributed by atoms with van der Waals surface area (Å²) in [6.45, 7) is 0.872. The zero-order valence-electron chi connectivity index (χ0n) is 16.8. The fourth-order valence-corrected chi connectivity index (χ4v) is 4.33. The van der Waals surface area contributed by atoms with E-state index in [9.17, 15) is 12.8 Å². The molecule has 8 nitrogen and oxygen atoms in total. The molecule has 10 heteroatoms. The van der Waals surface area contributed by atoms with Gasteiger partial charge in [0.25, 0.3) is 6.01 Å². The van der Waals surface area contributed by atoms with Crippen molar-refractivity contribution in [3.8, 4) is 17.1 Å². The number of nitrogens with zero attached hydrogens (tertiary/aromatic N) is 1. The molecule has 0 amide bonds. The van der Waals surface area contributed by atoms with Gasteiger partial charge in [0.05, 0.1) is 30.0 Å². The van der Waals surface area contributed by atoms with Crippen molar-refractivity contribution in [2.75, 3.05) is 25.6 Å². The Labute approximate surface area is 179 Å². The lowest BCUT2D eigenvalue weighted by molar-refractivity contribution is 0.114. The van der Waals surface area contributed by atoms with Gasteiger partial charge in [0.1, 0.15) is 11.6 Å².